The van der Waals surface area contributed by atoms with Crippen molar-refractivity contribution in [1.82, 2.24) is 29.4 Å². The number of benzene rings is 1. The molecule has 0 saturated carbocycles. The molecule has 0 bridgehead atoms. The van der Waals surface area contributed by atoms with Gasteiger partial charge >= 0.3 is 0 Å². The number of amides is 1. The van der Waals surface area contributed by atoms with E-state index in [9.17, 15) is 4.79 Å². The second-order valence-electron chi connectivity index (χ2n) is 9.14. The van der Waals surface area contributed by atoms with E-state index < -0.39 is 0 Å². The number of aryl methyl sites for hydroxylation is 1. The highest BCUT2D eigenvalue weighted by Crippen LogP contribution is 2.34. The maximum Gasteiger partial charge on any atom is 0.246 e. The number of anilines is 1. The van der Waals surface area contributed by atoms with E-state index in [4.69, 9.17) is 9.72 Å². The quantitative estimate of drug-likeness (QED) is 0.435. The first-order valence-corrected chi connectivity index (χ1v) is 11.5. The fourth-order valence-corrected chi connectivity index (χ4v) is 4.97. The van der Waals surface area contributed by atoms with Gasteiger partial charge in [0, 0.05) is 43.3 Å². The van der Waals surface area contributed by atoms with Crippen molar-refractivity contribution in [2.75, 3.05) is 51.8 Å². The summed E-state index contributed by atoms with van der Waals surface area (Å²) in [6.45, 7) is 6.58. The third-order valence-corrected chi connectivity index (χ3v) is 7.09. The van der Waals surface area contributed by atoms with Crippen molar-refractivity contribution in [2.45, 2.75) is 13.0 Å². The van der Waals surface area contributed by atoms with Gasteiger partial charge in [0.15, 0.2) is 5.65 Å². The Kier molecular flexibility index (Phi) is 4.96. The minimum absolute atomic E-state index is 0.0285. The van der Waals surface area contributed by atoms with Crippen molar-refractivity contribution in [3.8, 4) is 16.9 Å². The van der Waals surface area contributed by atoms with Crippen LogP contribution in [-0.4, -0.2) is 88.2 Å². The molecule has 2 aliphatic heterocycles. The van der Waals surface area contributed by atoms with E-state index in [1.54, 1.807) is 28.9 Å². The van der Waals surface area contributed by atoms with Crippen molar-refractivity contribution < 1.29 is 9.53 Å². The van der Waals surface area contributed by atoms with Crippen molar-refractivity contribution in [3.63, 3.8) is 0 Å². The topological polar surface area (TPSA) is 79.1 Å². The first kappa shape index (κ1) is 21.0. The highest BCUT2D eigenvalue weighted by Gasteiger charge is 2.42. The lowest BCUT2D eigenvalue weighted by Gasteiger charge is -2.46. The lowest BCUT2D eigenvalue weighted by atomic mass is 10.0. The molecule has 4 aromatic rings. The predicted octanol–water partition coefficient (Wildman–Crippen LogP) is 2.22. The normalized spacial score (nSPS) is 19.7. The van der Waals surface area contributed by atoms with E-state index >= 15 is 0 Å². The molecule has 9 heteroatoms. The number of piperazine rings is 1. The maximum absolute atomic E-state index is 12.9. The Labute approximate surface area is 197 Å². The molecule has 2 fully saturated rings. The third kappa shape index (κ3) is 3.31. The van der Waals surface area contributed by atoms with Crippen molar-refractivity contribution in [3.05, 3.63) is 48.5 Å². The molecule has 1 unspecified atom stereocenters. The number of nitrogens with zero attached hydrogens (tertiary/aromatic N) is 7. The second kappa shape index (κ2) is 8.03. The average molecular weight is 458 g/mol. The van der Waals surface area contributed by atoms with Crippen LogP contribution in [0.15, 0.2) is 43.0 Å². The summed E-state index contributed by atoms with van der Waals surface area (Å²) >= 11 is 0. The Morgan fingerprint density at radius 2 is 1.88 bits per heavy atom. The molecule has 5 heterocycles. The molecular formula is C25H27N7O2. The summed E-state index contributed by atoms with van der Waals surface area (Å²) < 4.78 is 7.28. The molecule has 0 aliphatic carbocycles. The lowest BCUT2D eigenvalue weighted by molar-refractivity contribution is -0.129. The zero-order chi connectivity index (χ0) is 23.4. The van der Waals surface area contributed by atoms with Crippen LogP contribution in [0.25, 0.3) is 27.7 Å². The van der Waals surface area contributed by atoms with E-state index in [1.165, 1.54) is 0 Å². The number of methoxy groups -OCH3 is 1. The maximum atomic E-state index is 12.9. The van der Waals surface area contributed by atoms with Gasteiger partial charge in [-0.25, -0.2) is 9.50 Å². The molecular weight excluding hydrogens is 430 g/mol. The van der Waals surface area contributed by atoms with Crippen LogP contribution in [0.5, 0.6) is 5.75 Å². The van der Waals surface area contributed by atoms with Crippen LogP contribution in [0.2, 0.25) is 0 Å². The van der Waals surface area contributed by atoms with E-state index in [-0.39, 0.29) is 11.9 Å². The summed E-state index contributed by atoms with van der Waals surface area (Å²) in [6, 6.07) is 5.99. The first-order valence-electron chi connectivity index (χ1n) is 11.5. The van der Waals surface area contributed by atoms with Gasteiger partial charge in [0.1, 0.15) is 11.8 Å². The molecule has 2 aliphatic rings. The smallest absolute Gasteiger partial charge is 0.246 e. The largest absolute Gasteiger partial charge is 0.496 e. The Morgan fingerprint density at radius 1 is 1.06 bits per heavy atom. The molecule has 9 nitrogen and oxygen atoms in total. The van der Waals surface area contributed by atoms with Crippen molar-refractivity contribution in [1.29, 1.82) is 0 Å². The second-order valence-corrected chi connectivity index (χ2v) is 9.14. The molecule has 0 radical (unpaired) electrons. The van der Waals surface area contributed by atoms with Gasteiger partial charge < -0.3 is 14.5 Å². The Bertz CT molecular complexity index is 1410. The summed E-state index contributed by atoms with van der Waals surface area (Å²) in [5, 5.41) is 5.54. The summed E-state index contributed by atoms with van der Waals surface area (Å²) in [5.41, 5.74) is 5.35. The Morgan fingerprint density at radius 3 is 2.65 bits per heavy atom. The number of ether oxygens (including phenoxy) is 1. The van der Waals surface area contributed by atoms with Gasteiger partial charge in [-0.15, -0.1) is 0 Å². The van der Waals surface area contributed by atoms with Crippen LogP contribution < -0.4 is 9.64 Å². The standard InChI is InChI=1S/C25H27N7O2/c1-16-10-21-19(11-23(16)34-3)18(4-5-26-21)20-13-28-32-14-17(12-27-24(20)32)31-15-22(25(31)33)30-8-6-29(2)7-9-30/h4-5,10-14,22H,6-9,15H2,1-3H3. The summed E-state index contributed by atoms with van der Waals surface area (Å²) in [4.78, 5) is 28.6. The average Bonchev–Trinajstić information content (AvgIpc) is 3.26. The molecule has 0 N–H and O–H groups in total. The zero-order valence-corrected chi connectivity index (χ0v) is 19.6. The van der Waals surface area contributed by atoms with Gasteiger partial charge in [0.2, 0.25) is 5.91 Å². The number of aromatic nitrogens is 4. The van der Waals surface area contributed by atoms with Gasteiger partial charge in [-0.05, 0) is 43.3 Å². The Balaban J connectivity index is 1.30. The minimum Gasteiger partial charge on any atom is -0.496 e. The number of carbonyl (C=O) groups excluding carboxylic acids is 1. The number of pyridine rings is 1. The zero-order valence-electron chi connectivity index (χ0n) is 19.6. The summed E-state index contributed by atoms with van der Waals surface area (Å²) in [5.74, 6) is 0.959. The van der Waals surface area contributed by atoms with Crippen LogP contribution in [0.3, 0.4) is 0 Å². The molecule has 1 atom stereocenters. The number of hydrogen-bond donors (Lipinski definition) is 0. The lowest BCUT2D eigenvalue weighted by Crippen LogP contribution is -2.66. The van der Waals surface area contributed by atoms with Crippen LogP contribution in [0.1, 0.15) is 5.56 Å². The third-order valence-electron chi connectivity index (χ3n) is 7.09. The number of carbonyl (C=O) groups is 1. The van der Waals surface area contributed by atoms with Crippen LogP contribution >= 0.6 is 0 Å². The number of rotatable bonds is 4. The molecule has 3 aromatic heterocycles. The minimum atomic E-state index is -0.0285. The van der Waals surface area contributed by atoms with Crippen LogP contribution in [0.4, 0.5) is 5.69 Å². The van der Waals surface area contributed by atoms with Crippen molar-refractivity contribution >= 4 is 28.1 Å². The molecule has 1 aromatic carbocycles. The number of likely N-dealkylation sites (N-methyl/N-ethyl adjacent to an activating group) is 1. The SMILES string of the molecule is COc1cc2c(-c3cnn4cc(N5CC(N6CCN(C)CC6)C5=O)cnc34)ccnc2cc1C. The first-order chi connectivity index (χ1) is 16.5. The highest BCUT2D eigenvalue weighted by atomic mass is 16.5. The van der Waals surface area contributed by atoms with Gasteiger partial charge in [-0.2, -0.15) is 5.10 Å². The van der Waals surface area contributed by atoms with E-state index in [0.29, 0.717) is 6.54 Å². The van der Waals surface area contributed by atoms with Crippen LogP contribution in [0, 0.1) is 6.92 Å². The molecule has 6 rings (SSSR count). The van der Waals surface area contributed by atoms with E-state index in [1.807, 2.05) is 37.5 Å². The molecule has 2 saturated heterocycles. The van der Waals surface area contributed by atoms with Gasteiger partial charge in [-0.3, -0.25) is 14.7 Å². The predicted molar refractivity (Wildman–Crippen MR) is 130 cm³/mol. The summed E-state index contributed by atoms with van der Waals surface area (Å²) in [6.07, 6.45) is 7.28. The fraction of sp³-hybridized carbons (Fsp3) is 0.360. The highest BCUT2D eigenvalue weighted by molar-refractivity contribution is 6.04. The van der Waals surface area contributed by atoms with Gasteiger partial charge in [0.05, 0.1) is 43.4 Å². The van der Waals surface area contributed by atoms with E-state index in [2.05, 4.69) is 26.9 Å². The monoisotopic (exact) mass is 457 g/mol. The molecule has 34 heavy (non-hydrogen) atoms. The molecule has 0 spiro atoms. The number of β-lactam (4-membered cyclic amide) rings is 1. The van der Waals surface area contributed by atoms with Gasteiger partial charge in [-0.1, -0.05) is 0 Å². The number of hydrogen-bond acceptors (Lipinski definition) is 7. The fourth-order valence-electron chi connectivity index (χ4n) is 4.97. The Hall–Kier alpha value is -3.56. The number of fused-ring (bicyclic) bond motifs is 2. The molecule has 174 valence electrons. The van der Waals surface area contributed by atoms with Gasteiger partial charge in [0.25, 0.3) is 0 Å². The summed E-state index contributed by atoms with van der Waals surface area (Å²) in [7, 11) is 3.80. The van der Waals surface area contributed by atoms with Crippen LogP contribution in [-0.2, 0) is 4.79 Å². The van der Waals surface area contributed by atoms with Crippen molar-refractivity contribution in [2.24, 2.45) is 0 Å². The molecule has 1 amide bonds. The van der Waals surface area contributed by atoms with E-state index in [0.717, 1.165) is 70.9 Å².